The lowest BCUT2D eigenvalue weighted by atomic mass is 10.1. The molecule has 0 aliphatic carbocycles. The van der Waals surface area contributed by atoms with Gasteiger partial charge in [-0.15, -0.1) is 0 Å². The summed E-state index contributed by atoms with van der Waals surface area (Å²) in [6.07, 6.45) is 1.77. The Labute approximate surface area is 316 Å². The third-order valence-electron chi connectivity index (χ3n) is 8.17. The first-order chi connectivity index (χ1) is 25.9. The first kappa shape index (κ1) is 38.9. The predicted octanol–water partition coefficient (Wildman–Crippen LogP) is 8.47. The van der Waals surface area contributed by atoms with Crippen molar-refractivity contribution in [1.82, 2.24) is 10.3 Å². The highest BCUT2D eigenvalue weighted by atomic mass is 16.6. The van der Waals surface area contributed by atoms with Crippen molar-refractivity contribution in [3.8, 4) is 28.5 Å². The van der Waals surface area contributed by atoms with Gasteiger partial charge < -0.3 is 34.5 Å². The molecule has 0 unspecified atom stereocenters. The lowest BCUT2D eigenvalue weighted by Crippen LogP contribution is -2.33. The van der Waals surface area contributed by atoms with Crippen molar-refractivity contribution in [2.24, 2.45) is 0 Å². The number of aromatic nitrogens is 1. The molecule has 4 aromatic carbocycles. The lowest BCUT2D eigenvalue weighted by Gasteiger charge is -2.22. The maximum Gasteiger partial charge on any atom is 0.407 e. The van der Waals surface area contributed by atoms with Crippen LogP contribution in [0.2, 0.25) is 0 Å². The van der Waals surface area contributed by atoms with Gasteiger partial charge in [-0.2, -0.15) is 0 Å². The Bertz CT molecular complexity index is 2060. The van der Waals surface area contributed by atoms with Gasteiger partial charge in [-0.3, -0.25) is 14.6 Å². The molecular weight excluding hydrogens is 684 g/mol. The fourth-order valence-corrected chi connectivity index (χ4v) is 5.44. The summed E-state index contributed by atoms with van der Waals surface area (Å²) >= 11 is 0. The molecule has 0 spiro atoms. The van der Waals surface area contributed by atoms with Crippen molar-refractivity contribution in [3.63, 3.8) is 0 Å². The van der Waals surface area contributed by atoms with Crippen molar-refractivity contribution in [2.75, 3.05) is 37.5 Å². The van der Waals surface area contributed by atoms with E-state index in [0.717, 1.165) is 22.4 Å². The number of alkyl carbamates (subject to hydrolysis) is 1. The van der Waals surface area contributed by atoms with Crippen LogP contribution in [0.4, 0.5) is 16.2 Å². The minimum absolute atomic E-state index is 0.265. The van der Waals surface area contributed by atoms with Crippen LogP contribution in [0.5, 0.6) is 17.2 Å². The number of nitrogens with zero attached hydrogens (tertiary/aromatic N) is 2. The van der Waals surface area contributed by atoms with E-state index in [9.17, 15) is 14.4 Å². The zero-order valence-corrected chi connectivity index (χ0v) is 31.5. The predicted molar refractivity (Wildman–Crippen MR) is 210 cm³/mol. The van der Waals surface area contributed by atoms with Gasteiger partial charge in [-0.25, -0.2) is 4.79 Å². The van der Waals surface area contributed by atoms with Gasteiger partial charge >= 0.3 is 6.09 Å². The zero-order chi connectivity index (χ0) is 38.7. The van der Waals surface area contributed by atoms with Crippen LogP contribution in [0, 0.1) is 6.92 Å². The summed E-state index contributed by atoms with van der Waals surface area (Å²) in [6, 6.07) is 31.2. The van der Waals surface area contributed by atoms with Crippen LogP contribution in [0.15, 0.2) is 109 Å². The van der Waals surface area contributed by atoms with Crippen molar-refractivity contribution in [1.29, 1.82) is 0 Å². The van der Waals surface area contributed by atoms with E-state index in [2.05, 4.69) is 15.6 Å². The number of methoxy groups -OCH3 is 1. The highest BCUT2D eigenvalue weighted by Gasteiger charge is 2.21. The summed E-state index contributed by atoms with van der Waals surface area (Å²) in [5.74, 6) is 0.552. The zero-order valence-electron chi connectivity index (χ0n) is 31.5. The number of ether oxygens (including phenoxy) is 4. The average molecular weight is 731 g/mol. The van der Waals surface area contributed by atoms with E-state index in [-0.39, 0.29) is 12.5 Å². The Hall–Kier alpha value is -6.36. The normalized spacial score (nSPS) is 10.9. The van der Waals surface area contributed by atoms with Gasteiger partial charge in [-0.1, -0.05) is 48.5 Å². The Balaban J connectivity index is 1.22. The van der Waals surface area contributed by atoms with E-state index >= 15 is 0 Å². The summed E-state index contributed by atoms with van der Waals surface area (Å²) in [7, 11) is 3.16. The SMILES string of the molecule is COc1cc(C(=O)N(C)c2ccc(C)cc2OCc2ccc(-c3ccccn3)cc2)ccc1NC(=O)c1ccccc1OCCCNC(=O)OC(C)(C)C. The Morgan fingerprint density at radius 1 is 0.815 bits per heavy atom. The molecule has 0 fully saturated rings. The number of pyridine rings is 1. The van der Waals surface area contributed by atoms with Crippen molar-refractivity contribution in [2.45, 2.75) is 46.3 Å². The van der Waals surface area contributed by atoms with Crippen molar-refractivity contribution >= 4 is 29.3 Å². The number of benzene rings is 4. The summed E-state index contributed by atoms with van der Waals surface area (Å²) in [6.45, 7) is 8.28. The van der Waals surface area contributed by atoms with Crippen LogP contribution < -0.4 is 29.7 Å². The van der Waals surface area contributed by atoms with E-state index < -0.39 is 17.6 Å². The molecule has 1 heterocycles. The van der Waals surface area contributed by atoms with Gasteiger partial charge in [0, 0.05) is 30.9 Å². The van der Waals surface area contributed by atoms with E-state index in [1.165, 1.54) is 12.0 Å². The third-order valence-corrected chi connectivity index (χ3v) is 8.17. The standard InChI is InChI=1S/C43H46N4O7/c1-29-15-22-36(39(26-29)53-28-30-16-18-31(19-17-30)34-13-9-10-23-44-34)47(5)41(49)32-20-21-35(38(27-32)51-6)46-40(48)33-12-7-8-14-37(33)52-25-11-24-45-42(50)54-43(2,3)4/h7-10,12-23,26-27H,11,24-25,28H2,1-6H3,(H,45,50)(H,46,48). The van der Waals surface area contributed by atoms with Crippen LogP contribution in [-0.4, -0.2) is 55.8 Å². The Morgan fingerprint density at radius 2 is 1.57 bits per heavy atom. The van der Waals surface area contributed by atoms with Crippen molar-refractivity contribution < 1.29 is 33.3 Å². The quantitative estimate of drug-likeness (QED) is 0.109. The number of hydrogen-bond donors (Lipinski definition) is 2. The number of hydrogen-bond acceptors (Lipinski definition) is 8. The molecular formula is C43H46N4O7. The first-order valence-corrected chi connectivity index (χ1v) is 17.6. The minimum atomic E-state index is -0.584. The van der Waals surface area contributed by atoms with Crippen LogP contribution in [0.25, 0.3) is 11.3 Å². The largest absolute Gasteiger partial charge is 0.495 e. The molecule has 0 radical (unpaired) electrons. The van der Waals surface area contributed by atoms with E-state index in [0.29, 0.717) is 59.3 Å². The molecule has 0 aliphatic rings. The highest BCUT2D eigenvalue weighted by Crippen LogP contribution is 2.33. The summed E-state index contributed by atoms with van der Waals surface area (Å²) in [5, 5.41) is 5.57. The first-order valence-electron chi connectivity index (χ1n) is 17.6. The molecule has 11 nitrogen and oxygen atoms in total. The molecule has 0 saturated carbocycles. The van der Waals surface area contributed by atoms with Crippen LogP contribution in [-0.2, 0) is 11.3 Å². The molecule has 54 heavy (non-hydrogen) atoms. The number of para-hydroxylation sites is 1. The van der Waals surface area contributed by atoms with Gasteiger partial charge in [0.2, 0.25) is 0 Å². The van der Waals surface area contributed by atoms with E-state index in [1.807, 2.05) is 67.6 Å². The maximum absolute atomic E-state index is 13.8. The monoisotopic (exact) mass is 730 g/mol. The number of aryl methyl sites for hydroxylation is 1. The Kier molecular flexibility index (Phi) is 12.9. The number of carbonyl (C=O) groups is 3. The summed E-state index contributed by atoms with van der Waals surface area (Å²) in [5.41, 5.74) is 4.94. The second kappa shape index (κ2) is 17.9. The molecule has 0 bridgehead atoms. The topological polar surface area (TPSA) is 128 Å². The lowest BCUT2D eigenvalue weighted by molar-refractivity contribution is 0.0525. The van der Waals surface area contributed by atoms with E-state index in [1.54, 1.807) is 76.5 Å². The second-order valence-corrected chi connectivity index (χ2v) is 13.5. The molecule has 1 aromatic heterocycles. The molecule has 11 heteroatoms. The fourth-order valence-electron chi connectivity index (χ4n) is 5.44. The molecule has 0 aliphatic heterocycles. The number of anilines is 2. The maximum atomic E-state index is 13.8. The van der Waals surface area contributed by atoms with Gasteiger partial charge in [0.1, 0.15) is 29.5 Å². The third kappa shape index (κ3) is 10.6. The number of nitrogens with one attached hydrogen (secondary N) is 2. The molecule has 280 valence electrons. The summed E-state index contributed by atoms with van der Waals surface area (Å²) < 4.78 is 23.0. The van der Waals surface area contributed by atoms with Crippen LogP contribution in [0.1, 0.15) is 59.0 Å². The van der Waals surface area contributed by atoms with Crippen LogP contribution in [0.3, 0.4) is 0 Å². The van der Waals surface area contributed by atoms with Gasteiger partial charge in [0.15, 0.2) is 0 Å². The number of amides is 3. The van der Waals surface area contributed by atoms with Crippen molar-refractivity contribution in [3.05, 3.63) is 132 Å². The number of carbonyl (C=O) groups excluding carboxylic acids is 3. The molecule has 5 aromatic rings. The van der Waals surface area contributed by atoms with Crippen LogP contribution >= 0.6 is 0 Å². The minimum Gasteiger partial charge on any atom is -0.495 e. The summed E-state index contributed by atoms with van der Waals surface area (Å²) in [4.78, 5) is 45.1. The van der Waals surface area contributed by atoms with Gasteiger partial charge in [0.25, 0.3) is 11.8 Å². The Morgan fingerprint density at radius 3 is 2.30 bits per heavy atom. The molecule has 5 rings (SSSR count). The molecule has 0 atom stereocenters. The smallest absolute Gasteiger partial charge is 0.407 e. The van der Waals surface area contributed by atoms with Gasteiger partial charge in [0.05, 0.1) is 36.3 Å². The fraction of sp³-hybridized carbons (Fsp3) is 0.256. The number of rotatable bonds is 14. The molecule has 0 saturated heterocycles. The molecule has 3 amide bonds. The van der Waals surface area contributed by atoms with E-state index in [4.69, 9.17) is 18.9 Å². The van der Waals surface area contributed by atoms with Gasteiger partial charge in [-0.05, 0) is 99.8 Å². The average Bonchev–Trinajstić information content (AvgIpc) is 3.16. The highest BCUT2D eigenvalue weighted by molar-refractivity contribution is 6.09. The second-order valence-electron chi connectivity index (χ2n) is 13.5. The molecule has 2 N–H and O–H groups in total.